The van der Waals surface area contributed by atoms with E-state index in [9.17, 15) is 0 Å². The normalized spacial score (nSPS) is 14.8. The molecule has 0 fully saturated rings. The zero-order chi connectivity index (χ0) is 19.3. The van der Waals surface area contributed by atoms with Crippen LogP contribution < -0.4 is 0 Å². The van der Waals surface area contributed by atoms with Crippen molar-refractivity contribution in [1.82, 2.24) is 9.97 Å². The summed E-state index contributed by atoms with van der Waals surface area (Å²) in [5.41, 5.74) is 3.62. The first-order chi connectivity index (χ1) is 13.7. The molecule has 0 amide bonds. The summed E-state index contributed by atoms with van der Waals surface area (Å²) >= 11 is 7.31. The lowest BCUT2D eigenvalue weighted by atomic mass is 9.98. The summed E-state index contributed by atoms with van der Waals surface area (Å²) in [6.45, 7) is 0. The van der Waals surface area contributed by atoms with Crippen molar-refractivity contribution in [1.29, 1.82) is 0 Å². The number of hydrogen-bond donors (Lipinski definition) is 0. The van der Waals surface area contributed by atoms with Gasteiger partial charge in [-0.1, -0.05) is 72.3 Å². The summed E-state index contributed by atoms with van der Waals surface area (Å²) in [6.07, 6.45) is 23.5. The Morgan fingerprint density at radius 2 is 1.00 bits per heavy atom. The van der Waals surface area contributed by atoms with E-state index in [0.717, 1.165) is 31.2 Å². The highest BCUT2D eigenvalue weighted by Crippen LogP contribution is 2.37. The molecule has 2 aromatic rings. The molecule has 4 rings (SSSR count). The minimum atomic E-state index is 0.132. The zero-order valence-electron chi connectivity index (χ0n) is 14.7. The molecule has 0 saturated carbocycles. The van der Waals surface area contributed by atoms with Crippen LogP contribution in [0, 0.1) is 35.5 Å². The van der Waals surface area contributed by atoms with Crippen molar-refractivity contribution in [3.05, 3.63) is 93.5 Å². The minimum absolute atomic E-state index is 0.132. The Morgan fingerprint density at radius 3 is 1.39 bits per heavy atom. The standard InChI is InChI=1S/C24H14Br2N2/c25-21-15-27-13-19(11-9-17-5-1-2-6-17)23(21)24-20(14-28-16-22(24)26)12-10-18-7-3-4-8-18/h1-8,13-18H. The second kappa shape index (κ2) is 8.57. The maximum atomic E-state index is 4.31. The number of pyridine rings is 2. The number of allylic oxidation sites excluding steroid dienone is 8. The Bertz CT molecular complexity index is 1050. The van der Waals surface area contributed by atoms with Crippen LogP contribution in [0.3, 0.4) is 0 Å². The number of halogens is 2. The largest absolute Gasteiger partial charge is 0.262 e. The molecule has 2 aliphatic carbocycles. The molecule has 0 saturated heterocycles. The molecule has 134 valence electrons. The van der Waals surface area contributed by atoms with Crippen LogP contribution in [0.2, 0.25) is 0 Å². The van der Waals surface area contributed by atoms with Gasteiger partial charge in [-0.15, -0.1) is 0 Å². The van der Waals surface area contributed by atoms with E-state index in [0.29, 0.717) is 0 Å². The highest BCUT2D eigenvalue weighted by Gasteiger charge is 2.16. The van der Waals surface area contributed by atoms with E-state index in [1.54, 1.807) is 24.8 Å². The van der Waals surface area contributed by atoms with Gasteiger partial charge < -0.3 is 0 Å². The van der Waals surface area contributed by atoms with E-state index >= 15 is 0 Å². The number of hydrogen-bond acceptors (Lipinski definition) is 2. The van der Waals surface area contributed by atoms with Gasteiger partial charge in [0, 0.05) is 44.9 Å². The molecule has 2 nitrogen and oxygen atoms in total. The predicted octanol–water partition coefficient (Wildman–Crippen LogP) is 5.86. The SMILES string of the molecule is Brc1cncc(C#CC2C=CC=C2)c1-c1c(Br)cncc1C#CC1C=CC=C1. The Labute approximate surface area is 181 Å². The highest BCUT2D eigenvalue weighted by atomic mass is 79.9. The molecule has 2 aliphatic rings. The van der Waals surface area contributed by atoms with Gasteiger partial charge in [-0.05, 0) is 31.9 Å². The van der Waals surface area contributed by atoms with Crippen molar-refractivity contribution in [2.75, 3.05) is 0 Å². The lowest BCUT2D eigenvalue weighted by Gasteiger charge is -2.12. The highest BCUT2D eigenvalue weighted by molar-refractivity contribution is 9.11. The Balaban J connectivity index is 1.83. The number of aromatic nitrogens is 2. The quantitative estimate of drug-likeness (QED) is 0.469. The maximum absolute atomic E-state index is 4.31. The summed E-state index contributed by atoms with van der Waals surface area (Å²) in [4.78, 5) is 8.63. The second-order valence-electron chi connectivity index (χ2n) is 6.22. The smallest absolute Gasteiger partial charge is 0.0573 e. The molecule has 0 unspecified atom stereocenters. The third-order valence-corrected chi connectivity index (χ3v) is 5.49. The van der Waals surface area contributed by atoms with Crippen molar-refractivity contribution in [3.63, 3.8) is 0 Å². The monoisotopic (exact) mass is 488 g/mol. The number of rotatable bonds is 1. The van der Waals surface area contributed by atoms with Crippen LogP contribution in [0.1, 0.15) is 11.1 Å². The van der Waals surface area contributed by atoms with Crippen LogP contribution in [-0.4, -0.2) is 9.97 Å². The molecule has 0 spiro atoms. The third-order valence-electron chi connectivity index (χ3n) is 4.29. The zero-order valence-corrected chi connectivity index (χ0v) is 17.9. The van der Waals surface area contributed by atoms with Gasteiger partial charge in [0.25, 0.3) is 0 Å². The van der Waals surface area contributed by atoms with Gasteiger partial charge in [-0.3, -0.25) is 9.97 Å². The van der Waals surface area contributed by atoms with Crippen molar-refractivity contribution in [2.24, 2.45) is 11.8 Å². The average molecular weight is 490 g/mol. The molecule has 28 heavy (non-hydrogen) atoms. The van der Waals surface area contributed by atoms with Crippen LogP contribution in [0.15, 0.2) is 82.3 Å². The van der Waals surface area contributed by atoms with E-state index in [1.807, 2.05) is 24.3 Å². The van der Waals surface area contributed by atoms with Crippen LogP contribution in [-0.2, 0) is 0 Å². The molecular formula is C24H14Br2N2. The summed E-state index contributed by atoms with van der Waals surface area (Å²) < 4.78 is 1.74. The molecule has 0 aliphatic heterocycles. The van der Waals surface area contributed by atoms with Crippen LogP contribution >= 0.6 is 31.9 Å². The summed E-state index contributed by atoms with van der Waals surface area (Å²) in [6, 6.07) is 0. The first-order valence-electron chi connectivity index (χ1n) is 8.73. The van der Waals surface area contributed by atoms with E-state index in [1.165, 1.54) is 0 Å². The maximum Gasteiger partial charge on any atom is 0.0573 e. The van der Waals surface area contributed by atoms with Gasteiger partial charge in [0.15, 0.2) is 0 Å². The predicted molar refractivity (Wildman–Crippen MR) is 120 cm³/mol. The molecule has 0 N–H and O–H groups in total. The fraction of sp³-hybridized carbons (Fsp3) is 0.0833. The Hall–Kier alpha value is -2.66. The first kappa shape index (κ1) is 18.7. The number of nitrogens with zero attached hydrogens (tertiary/aromatic N) is 2. The van der Waals surface area contributed by atoms with Crippen molar-refractivity contribution in [2.45, 2.75) is 0 Å². The topological polar surface area (TPSA) is 25.8 Å². The lowest BCUT2D eigenvalue weighted by molar-refractivity contribution is 1.14. The molecule has 0 radical (unpaired) electrons. The molecular weight excluding hydrogens is 476 g/mol. The fourth-order valence-corrected chi connectivity index (χ4v) is 4.01. The summed E-state index contributed by atoms with van der Waals surface area (Å²) in [5, 5.41) is 0. The first-order valence-corrected chi connectivity index (χ1v) is 10.3. The Kier molecular flexibility index (Phi) is 5.72. The molecule has 4 heteroatoms. The lowest BCUT2D eigenvalue weighted by Crippen LogP contribution is -1.95. The van der Waals surface area contributed by atoms with Crippen LogP contribution in [0.25, 0.3) is 11.1 Å². The summed E-state index contributed by atoms with van der Waals surface area (Å²) in [7, 11) is 0. The second-order valence-corrected chi connectivity index (χ2v) is 7.93. The Morgan fingerprint density at radius 1 is 0.607 bits per heavy atom. The van der Waals surface area contributed by atoms with E-state index in [-0.39, 0.29) is 11.8 Å². The summed E-state index contributed by atoms with van der Waals surface area (Å²) in [5.74, 6) is 13.4. The van der Waals surface area contributed by atoms with Crippen LogP contribution in [0.5, 0.6) is 0 Å². The molecule has 0 aromatic carbocycles. The van der Waals surface area contributed by atoms with Crippen LogP contribution in [0.4, 0.5) is 0 Å². The fourth-order valence-electron chi connectivity index (χ4n) is 2.95. The van der Waals surface area contributed by atoms with Crippen molar-refractivity contribution < 1.29 is 0 Å². The molecule has 0 atom stereocenters. The minimum Gasteiger partial charge on any atom is -0.262 e. The van der Waals surface area contributed by atoms with E-state index in [4.69, 9.17) is 0 Å². The van der Waals surface area contributed by atoms with Gasteiger partial charge in [0.1, 0.15) is 0 Å². The van der Waals surface area contributed by atoms with Crippen molar-refractivity contribution in [3.8, 4) is 34.8 Å². The van der Waals surface area contributed by atoms with Gasteiger partial charge >= 0.3 is 0 Å². The third kappa shape index (κ3) is 4.09. The van der Waals surface area contributed by atoms with E-state index < -0.39 is 0 Å². The van der Waals surface area contributed by atoms with Gasteiger partial charge in [0.2, 0.25) is 0 Å². The van der Waals surface area contributed by atoms with Crippen molar-refractivity contribution >= 4 is 31.9 Å². The molecule has 0 bridgehead atoms. The van der Waals surface area contributed by atoms with Gasteiger partial charge in [-0.2, -0.15) is 0 Å². The average Bonchev–Trinajstić information content (AvgIpc) is 3.39. The van der Waals surface area contributed by atoms with Gasteiger partial charge in [-0.25, -0.2) is 0 Å². The molecule has 2 aromatic heterocycles. The molecule has 2 heterocycles. The van der Waals surface area contributed by atoms with E-state index in [2.05, 4.69) is 89.8 Å². The van der Waals surface area contributed by atoms with Gasteiger partial charge in [0.05, 0.1) is 23.0 Å².